The van der Waals surface area contributed by atoms with Gasteiger partial charge in [-0.25, -0.2) is 4.79 Å². The Kier molecular flexibility index (Phi) is 3.61. The molecule has 2 heterocycles. The molecule has 0 spiro atoms. The Morgan fingerprint density at radius 3 is 3.04 bits per heavy atom. The van der Waals surface area contributed by atoms with Gasteiger partial charge in [-0.2, -0.15) is 0 Å². The van der Waals surface area contributed by atoms with Gasteiger partial charge in [0.05, 0.1) is 0 Å². The number of hydrogen-bond acceptors (Lipinski definition) is 3. The zero-order valence-corrected chi connectivity index (χ0v) is 14.4. The molecule has 5 nitrogen and oxygen atoms in total. The van der Waals surface area contributed by atoms with Crippen molar-refractivity contribution in [1.82, 2.24) is 14.8 Å². The second kappa shape index (κ2) is 5.67. The largest absolute Gasteiger partial charge is 0.449 e. The van der Waals surface area contributed by atoms with Gasteiger partial charge >= 0.3 is 6.09 Å². The van der Waals surface area contributed by atoms with Crippen LogP contribution in [-0.4, -0.2) is 61.2 Å². The molecule has 0 saturated heterocycles. The summed E-state index contributed by atoms with van der Waals surface area (Å²) in [5.74, 6) is 0.223. The normalized spacial score (nSPS) is 22.9. The highest BCUT2D eigenvalue weighted by Gasteiger charge is 2.33. The summed E-state index contributed by atoms with van der Waals surface area (Å²) in [4.78, 5) is 18.9. The monoisotopic (exact) mass is 325 g/mol. The van der Waals surface area contributed by atoms with E-state index in [9.17, 15) is 4.79 Å². The van der Waals surface area contributed by atoms with Gasteiger partial charge in [0.25, 0.3) is 0 Å². The summed E-state index contributed by atoms with van der Waals surface area (Å²) in [6, 6.07) is 6.85. The van der Waals surface area contributed by atoms with Crippen molar-refractivity contribution in [3.63, 3.8) is 0 Å². The number of rotatable bonds is 2. The summed E-state index contributed by atoms with van der Waals surface area (Å²) in [5, 5.41) is 1.35. The van der Waals surface area contributed by atoms with Crippen molar-refractivity contribution in [2.45, 2.75) is 12.5 Å². The molecule has 24 heavy (non-hydrogen) atoms. The molecule has 126 valence electrons. The number of nitrogens with one attached hydrogen (secondary N) is 1. The Hall–Kier alpha value is -2.27. The molecule has 2 atom stereocenters. The Morgan fingerprint density at radius 1 is 1.42 bits per heavy atom. The third-order valence-electron chi connectivity index (χ3n) is 5.13. The van der Waals surface area contributed by atoms with E-state index >= 15 is 0 Å². The maximum Gasteiger partial charge on any atom is 0.409 e. The van der Waals surface area contributed by atoms with Crippen molar-refractivity contribution in [3.05, 3.63) is 41.6 Å². The molecule has 2 aromatic rings. The van der Waals surface area contributed by atoms with Crippen LogP contribution in [0.1, 0.15) is 11.1 Å². The molecule has 1 aliphatic carbocycles. The van der Waals surface area contributed by atoms with E-state index in [4.69, 9.17) is 4.74 Å². The van der Waals surface area contributed by atoms with E-state index in [1.807, 2.05) is 0 Å². The van der Waals surface area contributed by atoms with Crippen LogP contribution in [0.15, 0.2) is 30.5 Å². The van der Waals surface area contributed by atoms with Crippen LogP contribution in [-0.2, 0) is 11.2 Å². The fraction of sp³-hybridized carbons (Fsp3) is 0.421. The van der Waals surface area contributed by atoms with Crippen LogP contribution >= 0.6 is 0 Å². The van der Waals surface area contributed by atoms with Crippen molar-refractivity contribution >= 4 is 22.6 Å². The molecule has 1 aliphatic heterocycles. The van der Waals surface area contributed by atoms with Gasteiger partial charge in [-0.3, -0.25) is 4.90 Å². The molecular formula is C19H23N3O2. The third kappa shape index (κ3) is 2.40. The summed E-state index contributed by atoms with van der Waals surface area (Å²) >= 11 is 0. The molecule has 0 radical (unpaired) electrons. The van der Waals surface area contributed by atoms with Gasteiger partial charge in [0.15, 0.2) is 0 Å². The summed E-state index contributed by atoms with van der Waals surface area (Å²) in [6.45, 7) is 1.33. The number of carbonyl (C=O) groups is 1. The predicted octanol–water partition coefficient (Wildman–Crippen LogP) is 2.74. The number of hydrogen-bond donors (Lipinski definition) is 1. The first-order valence-electron chi connectivity index (χ1n) is 8.40. The molecule has 0 saturated carbocycles. The van der Waals surface area contributed by atoms with E-state index in [1.165, 1.54) is 32.5 Å². The van der Waals surface area contributed by atoms with Gasteiger partial charge in [0.2, 0.25) is 0 Å². The number of ether oxygens (including phenoxy) is 1. The molecule has 5 heteroatoms. The van der Waals surface area contributed by atoms with Crippen molar-refractivity contribution in [3.8, 4) is 0 Å². The standard InChI is InChI=1S/C19H23N3O2/c1-21(2)19(23)24-11-12-7-15-14-5-4-6-16-18(14)13(9-20-16)8-17(15)22(3)10-12/h4-7,9,12,17,20H,8,10-11H2,1-3H3/t12-,17-/m1/s1. The summed E-state index contributed by atoms with van der Waals surface area (Å²) in [7, 11) is 5.58. The number of aromatic amines is 1. The number of amides is 1. The van der Waals surface area contributed by atoms with E-state index in [0.29, 0.717) is 12.6 Å². The highest BCUT2D eigenvalue weighted by molar-refractivity contribution is 5.98. The van der Waals surface area contributed by atoms with Gasteiger partial charge in [0, 0.05) is 49.7 Å². The fourth-order valence-corrected chi connectivity index (χ4v) is 3.96. The Labute approximate surface area is 141 Å². The molecule has 1 aromatic heterocycles. The highest BCUT2D eigenvalue weighted by atomic mass is 16.6. The smallest absolute Gasteiger partial charge is 0.409 e. The van der Waals surface area contributed by atoms with Crippen LogP contribution in [0.5, 0.6) is 0 Å². The van der Waals surface area contributed by atoms with Crippen molar-refractivity contribution in [1.29, 1.82) is 0 Å². The summed E-state index contributed by atoms with van der Waals surface area (Å²) in [6.07, 6.45) is 5.21. The second-order valence-electron chi connectivity index (χ2n) is 7.05. The lowest BCUT2D eigenvalue weighted by Gasteiger charge is -2.39. The van der Waals surface area contributed by atoms with Crippen LogP contribution < -0.4 is 0 Å². The maximum absolute atomic E-state index is 11.7. The number of nitrogens with zero attached hydrogens (tertiary/aromatic N) is 2. The number of H-pyrrole nitrogens is 1. The lowest BCUT2D eigenvalue weighted by Crippen LogP contribution is -2.43. The quantitative estimate of drug-likeness (QED) is 0.923. The molecular weight excluding hydrogens is 302 g/mol. The molecule has 0 fully saturated rings. The van der Waals surface area contributed by atoms with Crippen LogP contribution in [0, 0.1) is 5.92 Å². The Balaban J connectivity index is 1.67. The minimum Gasteiger partial charge on any atom is -0.449 e. The van der Waals surface area contributed by atoms with Crippen molar-refractivity contribution < 1.29 is 9.53 Å². The SMILES string of the molecule is CN(C)C(=O)OC[C@@H]1C=C2c3cccc4[nH]cc(c34)C[C@H]2N(C)C1. The number of benzene rings is 1. The number of carbonyl (C=O) groups excluding carboxylic acids is 1. The minimum absolute atomic E-state index is 0.223. The van der Waals surface area contributed by atoms with Gasteiger partial charge in [0.1, 0.15) is 6.61 Å². The van der Waals surface area contributed by atoms with E-state index in [1.54, 1.807) is 14.1 Å². The van der Waals surface area contributed by atoms with Gasteiger partial charge in [-0.15, -0.1) is 0 Å². The lowest BCUT2D eigenvalue weighted by molar-refractivity contribution is 0.0978. The minimum atomic E-state index is -0.281. The molecule has 1 amide bonds. The van der Waals surface area contributed by atoms with Crippen molar-refractivity contribution in [2.24, 2.45) is 5.92 Å². The molecule has 1 aromatic carbocycles. The second-order valence-corrected chi connectivity index (χ2v) is 7.05. The number of likely N-dealkylation sites (N-methyl/N-ethyl adjacent to an activating group) is 1. The number of aromatic nitrogens is 1. The first-order chi connectivity index (χ1) is 11.5. The predicted molar refractivity (Wildman–Crippen MR) is 94.9 cm³/mol. The molecule has 2 aliphatic rings. The maximum atomic E-state index is 11.7. The number of fused-ring (bicyclic) bond motifs is 2. The molecule has 0 bridgehead atoms. The van der Waals surface area contributed by atoms with Crippen LogP contribution in [0.4, 0.5) is 4.79 Å². The van der Waals surface area contributed by atoms with E-state index in [0.717, 1.165) is 13.0 Å². The first-order valence-corrected chi connectivity index (χ1v) is 8.40. The Bertz CT molecular complexity index is 821. The average molecular weight is 325 g/mol. The van der Waals surface area contributed by atoms with E-state index in [-0.39, 0.29) is 12.0 Å². The zero-order valence-electron chi connectivity index (χ0n) is 14.4. The molecule has 4 rings (SSSR count). The highest BCUT2D eigenvalue weighted by Crippen LogP contribution is 2.40. The van der Waals surface area contributed by atoms with Crippen molar-refractivity contribution in [2.75, 3.05) is 34.3 Å². The van der Waals surface area contributed by atoms with E-state index in [2.05, 4.69) is 47.4 Å². The van der Waals surface area contributed by atoms with E-state index < -0.39 is 0 Å². The fourth-order valence-electron chi connectivity index (χ4n) is 3.96. The molecule has 0 unspecified atom stereocenters. The molecule has 1 N–H and O–H groups in total. The first kappa shape index (κ1) is 15.3. The lowest BCUT2D eigenvalue weighted by atomic mass is 9.80. The average Bonchev–Trinajstić information content (AvgIpc) is 2.98. The van der Waals surface area contributed by atoms with Gasteiger partial charge < -0.3 is 14.6 Å². The third-order valence-corrected chi connectivity index (χ3v) is 5.13. The summed E-state index contributed by atoms with van der Waals surface area (Å²) in [5.41, 5.74) is 5.28. The van der Waals surface area contributed by atoms with Gasteiger partial charge in [-0.05, 0) is 36.2 Å². The van der Waals surface area contributed by atoms with Crippen LogP contribution in [0.2, 0.25) is 0 Å². The van der Waals surface area contributed by atoms with Gasteiger partial charge in [-0.1, -0.05) is 18.2 Å². The summed E-state index contributed by atoms with van der Waals surface area (Å²) < 4.78 is 5.41. The van der Waals surface area contributed by atoms with Crippen LogP contribution in [0.25, 0.3) is 16.5 Å². The zero-order chi connectivity index (χ0) is 16.8. The topological polar surface area (TPSA) is 48.6 Å². The Morgan fingerprint density at radius 2 is 2.25 bits per heavy atom. The van der Waals surface area contributed by atoms with Crippen LogP contribution in [0.3, 0.4) is 0 Å².